The molecule has 5 nitrogen and oxygen atoms in total. The summed E-state index contributed by atoms with van der Waals surface area (Å²) in [4.78, 5) is 4.22. The van der Waals surface area contributed by atoms with Crippen LogP contribution in [0.2, 0.25) is 0 Å². The molecule has 6 heteroatoms. The van der Waals surface area contributed by atoms with Crippen molar-refractivity contribution in [1.82, 2.24) is 4.98 Å². The van der Waals surface area contributed by atoms with Gasteiger partial charge in [0.05, 0.1) is 14.2 Å². The zero-order valence-corrected chi connectivity index (χ0v) is 9.89. The van der Waals surface area contributed by atoms with E-state index in [1.165, 1.54) is 20.3 Å². The van der Waals surface area contributed by atoms with Gasteiger partial charge in [0.25, 0.3) is 5.88 Å². The summed E-state index contributed by atoms with van der Waals surface area (Å²) in [5, 5.41) is 18.5. The third-order valence-corrected chi connectivity index (χ3v) is 2.25. The molecule has 0 aliphatic rings. The first kappa shape index (κ1) is 12.8. The summed E-state index contributed by atoms with van der Waals surface area (Å²) in [6, 6.07) is 1.53. The zero-order valence-electron chi connectivity index (χ0n) is 9.89. The van der Waals surface area contributed by atoms with E-state index in [2.05, 4.69) is 4.98 Å². The van der Waals surface area contributed by atoms with E-state index in [4.69, 9.17) is 9.47 Å². The standard InChI is InChI=1S/C10H16BNO4/c1-6(2)9-7(11(13)14)5-8(15-3)10(12-9)16-4/h5-6,13-14H,1-4H3. The fourth-order valence-corrected chi connectivity index (χ4v) is 1.47. The number of hydrogen-bond donors (Lipinski definition) is 2. The van der Waals surface area contributed by atoms with Crippen molar-refractivity contribution >= 4 is 12.6 Å². The molecule has 0 spiro atoms. The van der Waals surface area contributed by atoms with E-state index in [9.17, 15) is 10.0 Å². The van der Waals surface area contributed by atoms with Crippen LogP contribution in [0, 0.1) is 0 Å². The first-order chi connectivity index (χ1) is 7.51. The molecule has 0 saturated carbocycles. The molecule has 1 aromatic rings. The van der Waals surface area contributed by atoms with E-state index in [1.54, 1.807) is 0 Å². The average Bonchev–Trinajstić information content (AvgIpc) is 2.26. The van der Waals surface area contributed by atoms with Gasteiger partial charge < -0.3 is 19.5 Å². The maximum Gasteiger partial charge on any atom is 0.490 e. The second kappa shape index (κ2) is 5.18. The van der Waals surface area contributed by atoms with Crippen molar-refractivity contribution in [2.45, 2.75) is 19.8 Å². The molecule has 88 valence electrons. The van der Waals surface area contributed by atoms with Gasteiger partial charge in [-0.15, -0.1) is 0 Å². The molecule has 0 unspecified atom stereocenters. The summed E-state index contributed by atoms with van der Waals surface area (Å²) >= 11 is 0. The van der Waals surface area contributed by atoms with Gasteiger partial charge in [0.15, 0.2) is 5.75 Å². The molecular formula is C10H16BNO4. The van der Waals surface area contributed by atoms with Gasteiger partial charge in [0.2, 0.25) is 0 Å². The highest BCUT2D eigenvalue weighted by Gasteiger charge is 2.22. The Morgan fingerprint density at radius 1 is 1.25 bits per heavy atom. The lowest BCUT2D eigenvalue weighted by atomic mass is 9.76. The van der Waals surface area contributed by atoms with Crippen molar-refractivity contribution in [3.63, 3.8) is 0 Å². The summed E-state index contributed by atoms with van der Waals surface area (Å²) in [6.07, 6.45) is 0. The van der Waals surface area contributed by atoms with Crippen molar-refractivity contribution in [2.24, 2.45) is 0 Å². The zero-order chi connectivity index (χ0) is 12.3. The van der Waals surface area contributed by atoms with Crippen LogP contribution in [0.25, 0.3) is 0 Å². The SMILES string of the molecule is COc1cc(B(O)O)c(C(C)C)nc1OC. The Labute approximate surface area is 95.2 Å². The first-order valence-electron chi connectivity index (χ1n) is 5.00. The summed E-state index contributed by atoms with van der Waals surface area (Å²) < 4.78 is 10.1. The number of nitrogens with zero attached hydrogens (tertiary/aromatic N) is 1. The van der Waals surface area contributed by atoms with Crippen LogP contribution in [0.5, 0.6) is 11.6 Å². The van der Waals surface area contributed by atoms with Crippen LogP contribution >= 0.6 is 0 Å². The molecule has 0 bridgehead atoms. The van der Waals surface area contributed by atoms with Crippen molar-refractivity contribution < 1.29 is 19.5 Å². The highest BCUT2D eigenvalue weighted by Crippen LogP contribution is 2.25. The lowest BCUT2D eigenvalue weighted by Crippen LogP contribution is -2.34. The van der Waals surface area contributed by atoms with E-state index >= 15 is 0 Å². The second-order valence-corrected chi connectivity index (χ2v) is 3.70. The molecule has 0 fully saturated rings. The normalized spacial score (nSPS) is 10.4. The quantitative estimate of drug-likeness (QED) is 0.700. The van der Waals surface area contributed by atoms with Crippen molar-refractivity contribution in [3.05, 3.63) is 11.8 Å². The third-order valence-electron chi connectivity index (χ3n) is 2.25. The molecule has 1 aromatic heterocycles. The van der Waals surface area contributed by atoms with Gasteiger partial charge in [-0.1, -0.05) is 13.8 Å². The molecule has 1 rings (SSSR count). The summed E-state index contributed by atoms with van der Waals surface area (Å²) in [7, 11) is 1.40. The lowest BCUT2D eigenvalue weighted by molar-refractivity contribution is 0.341. The molecule has 0 aromatic carbocycles. The van der Waals surface area contributed by atoms with Crippen LogP contribution in [-0.4, -0.2) is 36.4 Å². The van der Waals surface area contributed by atoms with Crippen LogP contribution < -0.4 is 14.9 Å². The van der Waals surface area contributed by atoms with Crippen LogP contribution in [0.3, 0.4) is 0 Å². The summed E-state index contributed by atoms with van der Waals surface area (Å²) in [5.74, 6) is 0.794. The van der Waals surface area contributed by atoms with E-state index in [-0.39, 0.29) is 5.92 Å². The smallest absolute Gasteiger partial charge is 0.490 e. The van der Waals surface area contributed by atoms with Gasteiger partial charge in [-0.3, -0.25) is 0 Å². The van der Waals surface area contributed by atoms with Gasteiger partial charge >= 0.3 is 7.12 Å². The number of hydrogen-bond acceptors (Lipinski definition) is 5. The maximum absolute atomic E-state index is 9.26. The Morgan fingerprint density at radius 2 is 1.88 bits per heavy atom. The Kier molecular flexibility index (Phi) is 4.15. The van der Waals surface area contributed by atoms with Crippen LogP contribution in [0.15, 0.2) is 6.07 Å². The number of ether oxygens (including phenoxy) is 2. The van der Waals surface area contributed by atoms with E-state index < -0.39 is 7.12 Å². The van der Waals surface area contributed by atoms with Gasteiger partial charge in [0.1, 0.15) is 0 Å². The predicted octanol–water partition coefficient (Wildman–Crippen LogP) is -0.0980. The van der Waals surface area contributed by atoms with Gasteiger partial charge in [-0.2, -0.15) is 0 Å². The van der Waals surface area contributed by atoms with Crippen molar-refractivity contribution in [1.29, 1.82) is 0 Å². The third kappa shape index (κ3) is 2.45. The molecule has 16 heavy (non-hydrogen) atoms. The molecular weight excluding hydrogens is 209 g/mol. The molecule has 1 heterocycles. The van der Waals surface area contributed by atoms with E-state index in [1.807, 2.05) is 13.8 Å². The van der Waals surface area contributed by atoms with E-state index in [0.29, 0.717) is 22.8 Å². The topological polar surface area (TPSA) is 71.8 Å². The van der Waals surface area contributed by atoms with Crippen LogP contribution in [0.4, 0.5) is 0 Å². The molecule has 0 amide bonds. The first-order valence-corrected chi connectivity index (χ1v) is 5.00. The minimum absolute atomic E-state index is 0.0663. The van der Waals surface area contributed by atoms with Crippen molar-refractivity contribution in [2.75, 3.05) is 14.2 Å². The fourth-order valence-electron chi connectivity index (χ4n) is 1.47. The number of aromatic nitrogens is 1. The van der Waals surface area contributed by atoms with Crippen LogP contribution in [-0.2, 0) is 0 Å². The molecule has 2 N–H and O–H groups in total. The number of rotatable bonds is 4. The largest absolute Gasteiger partial charge is 0.491 e. The highest BCUT2D eigenvalue weighted by molar-refractivity contribution is 6.59. The van der Waals surface area contributed by atoms with Gasteiger partial charge in [-0.05, 0) is 12.0 Å². The number of pyridine rings is 1. The monoisotopic (exact) mass is 225 g/mol. The molecule has 0 aliphatic heterocycles. The van der Waals surface area contributed by atoms with E-state index in [0.717, 1.165) is 0 Å². The Hall–Kier alpha value is -1.27. The Bertz CT molecular complexity index is 333. The molecule has 0 saturated heterocycles. The second-order valence-electron chi connectivity index (χ2n) is 3.70. The Balaban J connectivity index is 3.35. The van der Waals surface area contributed by atoms with Gasteiger partial charge in [-0.25, -0.2) is 4.98 Å². The lowest BCUT2D eigenvalue weighted by Gasteiger charge is -2.15. The van der Waals surface area contributed by atoms with Gasteiger partial charge in [0, 0.05) is 11.2 Å². The minimum Gasteiger partial charge on any atom is -0.491 e. The fraction of sp³-hybridized carbons (Fsp3) is 0.500. The molecule has 0 atom stereocenters. The Morgan fingerprint density at radius 3 is 2.25 bits per heavy atom. The van der Waals surface area contributed by atoms with Crippen molar-refractivity contribution in [3.8, 4) is 11.6 Å². The summed E-state index contributed by atoms with van der Waals surface area (Å²) in [6.45, 7) is 3.83. The maximum atomic E-state index is 9.26. The predicted molar refractivity (Wildman–Crippen MR) is 61.3 cm³/mol. The molecule has 0 radical (unpaired) electrons. The summed E-state index contributed by atoms with van der Waals surface area (Å²) in [5.41, 5.74) is 0.931. The average molecular weight is 225 g/mol. The highest BCUT2D eigenvalue weighted by atomic mass is 16.5. The minimum atomic E-state index is -1.57. The molecule has 0 aliphatic carbocycles. The van der Waals surface area contributed by atoms with Crippen LogP contribution in [0.1, 0.15) is 25.5 Å². The number of methoxy groups -OCH3 is 2.